The van der Waals surface area contributed by atoms with Gasteiger partial charge >= 0.3 is 6.36 Å². The molecule has 8 heteroatoms. The van der Waals surface area contributed by atoms with Crippen LogP contribution in [0.5, 0.6) is 5.75 Å². The third kappa shape index (κ3) is 3.43. The van der Waals surface area contributed by atoms with Crippen LogP contribution >= 0.6 is 0 Å². The van der Waals surface area contributed by atoms with Gasteiger partial charge in [-0.3, -0.25) is 9.59 Å². The summed E-state index contributed by atoms with van der Waals surface area (Å²) in [7, 11) is 0. The minimum atomic E-state index is -4.75. The molecule has 136 valence electrons. The van der Waals surface area contributed by atoms with Gasteiger partial charge in [-0.2, -0.15) is 0 Å². The lowest BCUT2D eigenvalue weighted by atomic mass is 9.76. The number of amides is 2. The number of benzene rings is 1. The Morgan fingerprint density at radius 1 is 1.12 bits per heavy atom. The van der Waals surface area contributed by atoms with E-state index in [2.05, 4.69) is 4.74 Å². The summed E-state index contributed by atoms with van der Waals surface area (Å²) in [6, 6.07) is 5.24. The summed E-state index contributed by atoms with van der Waals surface area (Å²) in [5, 5.41) is 0. The number of ether oxygens (including phenoxy) is 1. The molecule has 0 aromatic heterocycles. The van der Waals surface area contributed by atoms with Crippen LogP contribution in [-0.2, 0) is 9.59 Å². The first-order chi connectivity index (χ1) is 11.7. The minimum absolute atomic E-state index is 0.0159. The third-order valence-corrected chi connectivity index (χ3v) is 4.98. The van der Waals surface area contributed by atoms with Gasteiger partial charge in [0.05, 0.1) is 5.41 Å². The fourth-order valence-electron chi connectivity index (χ4n) is 3.59. The van der Waals surface area contributed by atoms with E-state index in [0.717, 1.165) is 0 Å². The smallest absolute Gasteiger partial charge is 0.406 e. The molecular formula is C17H19F3N2O3. The number of carbonyl (C=O) groups is 2. The summed E-state index contributed by atoms with van der Waals surface area (Å²) in [5.74, 6) is -0.469. The Morgan fingerprint density at radius 2 is 1.76 bits per heavy atom. The molecule has 2 heterocycles. The highest BCUT2D eigenvalue weighted by Crippen LogP contribution is 2.43. The molecular weight excluding hydrogens is 337 g/mol. The van der Waals surface area contributed by atoms with Crippen molar-refractivity contribution in [1.82, 2.24) is 4.90 Å². The van der Waals surface area contributed by atoms with Crippen molar-refractivity contribution in [2.75, 3.05) is 24.5 Å². The molecule has 0 bridgehead atoms. The molecule has 1 unspecified atom stereocenters. The molecule has 1 aromatic carbocycles. The van der Waals surface area contributed by atoms with Gasteiger partial charge in [0.15, 0.2) is 0 Å². The van der Waals surface area contributed by atoms with E-state index in [1.54, 1.807) is 9.80 Å². The number of halogens is 3. The van der Waals surface area contributed by atoms with E-state index in [1.807, 2.05) is 6.92 Å². The van der Waals surface area contributed by atoms with Crippen molar-refractivity contribution in [3.05, 3.63) is 24.3 Å². The van der Waals surface area contributed by atoms with Gasteiger partial charge in [0.25, 0.3) is 0 Å². The maximum atomic E-state index is 12.9. The van der Waals surface area contributed by atoms with Crippen LogP contribution in [0.4, 0.5) is 18.9 Å². The van der Waals surface area contributed by atoms with E-state index in [4.69, 9.17) is 0 Å². The van der Waals surface area contributed by atoms with Gasteiger partial charge in [-0.05, 0) is 44.0 Å². The predicted octanol–water partition coefficient (Wildman–Crippen LogP) is 2.95. The van der Waals surface area contributed by atoms with Crippen LogP contribution in [0.2, 0.25) is 0 Å². The van der Waals surface area contributed by atoms with Crippen molar-refractivity contribution < 1.29 is 27.5 Å². The van der Waals surface area contributed by atoms with E-state index < -0.39 is 11.8 Å². The predicted molar refractivity (Wildman–Crippen MR) is 84.0 cm³/mol. The zero-order chi connectivity index (χ0) is 18.2. The zero-order valence-corrected chi connectivity index (χ0v) is 13.8. The molecule has 0 aliphatic carbocycles. The molecule has 0 radical (unpaired) electrons. The molecule has 1 spiro atoms. The van der Waals surface area contributed by atoms with Crippen LogP contribution in [0.25, 0.3) is 0 Å². The molecule has 1 atom stereocenters. The average molecular weight is 356 g/mol. The molecule has 1 aromatic rings. The summed E-state index contributed by atoms with van der Waals surface area (Å²) >= 11 is 0. The van der Waals surface area contributed by atoms with Gasteiger partial charge in [0, 0.05) is 31.7 Å². The first kappa shape index (κ1) is 17.6. The SMILES string of the molecule is CCN1CCC2(CCN(c3ccc(OC(F)(F)F)cc3)C2=O)CC1=O. The van der Waals surface area contributed by atoms with Gasteiger partial charge in [0.1, 0.15) is 5.75 Å². The monoisotopic (exact) mass is 356 g/mol. The van der Waals surface area contributed by atoms with Crippen LogP contribution < -0.4 is 9.64 Å². The topological polar surface area (TPSA) is 49.9 Å². The fraction of sp³-hybridized carbons (Fsp3) is 0.529. The van der Waals surface area contributed by atoms with Gasteiger partial charge in [-0.1, -0.05) is 0 Å². The summed E-state index contributed by atoms with van der Waals surface area (Å²) in [5.41, 5.74) is -0.161. The number of nitrogens with zero attached hydrogens (tertiary/aromatic N) is 2. The van der Waals surface area contributed by atoms with E-state index in [-0.39, 0.29) is 24.0 Å². The van der Waals surface area contributed by atoms with Gasteiger partial charge in [0.2, 0.25) is 11.8 Å². The highest BCUT2D eigenvalue weighted by atomic mass is 19.4. The van der Waals surface area contributed by atoms with Gasteiger partial charge in [-0.25, -0.2) is 0 Å². The lowest BCUT2D eigenvalue weighted by Gasteiger charge is -2.37. The molecule has 3 rings (SSSR count). The van der Waals surface area contributed by atoms with Crippen molar-refractivity contribution in [1.29, 1.82) is 0 Å². The Kier molecular flexibility index (Phi) is 4.38. The minimum Gasteiger partial charge on any atom is -0.406 e. The summed E-state index contributed by atoms with van der Waals surface area (Å²) in [6.07, 6.45) is -3.35. The molecule has 0 N–H and O–H groups in total. The van der Waals surface area contributed by atoms with Gasteiger partial charge < -0.3 is 14.5 Å². The number of piperidine rings is 1. The third-order valence-electron chi connectivity index (χ3n) is 4.98. The second-order valence-corrected chi connectivity index (χ2v) is 6.43. The second-order valence-electron chi connectivity index (χ2n) is 6.43. The van der Waals surface area contributed by atoms with Crippen LogP contribution in [0.3, 0.4) is 0 Å². The Labute approximate surface area is 143 Å². The number of hydrogen-bond donors (Lipinski definition) is 0. The van der Waals surface area contributed by atoms with Crippen molar-refractivity contribution in [2.24, 2.45) is 5.41 Å². The van der Waals surface area contributed by atoms with Gasteiger partial charge in [-0.15, -0.1) is 13.2 Å². The average Bonchev–Trinajstić information content (AvgIpc) is 2.84. The van der Waals surface area contributed by atoms with Crippen LogP contribution in [0, 0.1) is 5.41 Å². The standard InChI is InChI=1S/C17H19F3N2O3/c1-2-21-9-7-16(11-14(21)23)8-10-22(15(16)24)12-3-5-13(6-4-12)25-17(18,19)20/h3-6H,2,7-11H2,1H3. The molecule has 2 fully saturated rings. The van der Waals surface area contributed by atoms with Crippen LogP contribution in [-0.4, -0.2) is 42.7 Å². The van der Waals surface area contributed by atoms with E-state index in [0.29, 0.717) is 38.2 Å². The molecule has 2 aliphatic heterocycles. The first-order valence-corrected chi connectivity index (χ1v) is 8.20. The van der Waals surface area contributed by atoms with Crippen LogP contribution in [0.1, 0.15) is 26.2 Å². The molecule has 5 nitrogen and oxygen atoms in total. The zero-order valence-electron chi connectivity index (χ0n) is 13.8. The highest BCUT2D eigenvalue weighted by Gasteiger charge is 2.50. The number of anilines is 1. The Hall–Kier alpha value is -2.25. The Morgan fingerprint density at radius 3 is 2.32 bits per heavy atom. The molecule has 2 amide bonds. The Balaban J connectivity index is 1.73. The Bertz CT molecular complexity index is 675. The van der Waals surface area contributed by atoms with Crippen molar-refractivity contribution in [3.8, 4) is 5.75 Å². The van der Waals surface area contributed by atoms with Crippen molar-refractivity contribution in [3.63, 3.8) is 0 Å². The largest absolute Gasteiger partial charge is 0.573 e. The number of rotatable bonds is 3. The number of alkyl halides is 3. The lowest BCUT2D eigenvalue weighted by molar-refractivity contribution is -0.274. The lowest BCUT2D eigenvalue weighted by Crippen LogP contribution is -2.47. The van der Waals surface area contributed by atoms with Crippen LogP contribution in [0.15, 0.2) is 24.3 Å². The van der Waals surface area contributed by atoms with E-state index >= 15 is 0 Å². The highest BCUT2D eigenvalue weighted by molar-refractivity contribution is 6.02. The number of carbonyl (C=O) groups excluding carboxylic acids is 2. The maximum Gasteiger partial charge on any atom is 0.573 e. The summed E-state index contributed by atoms with van der Waals surface area (Å²) in [6.45, 7) is 3.56. The summed E-state index contributed by atoms with van der Waals surface area (Å²) in [4.78, 5) is 28.4. The fourth-order valence-corrected chi connectivity index (χ4v) is 3.59. The first-order valence-electron chi connectivity index (χ1n) is 8.20. The normalized spacial score (nSPS) is 24.3. The quantitative estimate of drug-likeness (QED) is 0.837. The maximum absolute atomic E-state index is 12.9. The van der Waals surface area contributed by atoms with Crippen molar-refractivity contribution >= 4 is 17.5 Å². The second kappa shape index (κ2) is 6.24. The van der Waals surface area contributed by atoms with E-state index in [9.17, 15) is 22.8 Å². The number of hydrogen-bond acceptors (Lipinski definition) is 3. The molecule has 2 aliphatic rings. The van der Waals surface area contributed by atoms with E-state index in [1.165, 1.54) is 24.3 Å². The molecule has 25 heavy (non-hydrogen) atoms. The number of likely N-dealkylation sites (tertiary alicyclic amines) is 1. The van der Waals surface area contributed by atoms with Crippen molar-refractivity contribution in [2.45, 2.75) is 32.5 Å². The molecule has 2 saturated heterocycles. The molecule has 0 saturated carbocycles. The summed E-state index contributed by atoms with van der Waals surface area (Å²) < 4.78 is 40.5.